The molecule has 0 aliphatic carbocycles. The van der Waals surface area contributed by atoms with E-state index in [9.17, 15) is 0 Å². The zero-order chi connectivity index (χ0) is 7.94. The molecule has 12 heavy (non-hydrogen) atoms. The molecule has 0 aliphatic rings. The van der Waals surface area contributed by atoms with Crippen LogP contribution in [0.3, 0.4) is 0 Å². The first kappa shape index (κ1) is 12.3. The first-order valence-corrected chi connectivity index (χ1v) is 4.08. The minimum absolute atomic E-state index is 0. The van der Waals surface area contributed by atoms with Crippen molar-refractivity contribution < 1.29 is 37.8 Å². The number of aliphatic hydroxyl groups excluding tert-OH is 1. The molecule has 1 rings (SSSR count). The maximum absolute atomic E-state index is 8.54. The summed E-state index contributed by atoms with van der Waals surface area (Å²) in [5.41, 5.74) is 1.36. The van der Waals surface area contributed by atoms with Gasteiger partial charge >= 0.3 is 0 Å². The quantitative estimate of drug-likeness (QED) is 0.797. The van der Waals surface area contributed by atoms with E-state index in [1.165, 1.54) is 5.56 Å². The Kier molecular flexibility index (Phi) is 8.10. The van der Waals surface area contributed by atoms with Crippen LogP contribution in [0.1, 0.15) is 18.4 Å². The molecule has 0 aromatic heterocycles. The van der Waals surface area contributed by atoms with Crippen molar-refractivity contribution in [1.82, 2.24) is 0 Å². The van der Waals surface area contributed by atoms with Crippen LogP contribution >= 0.6 is 0 Å². The molecule has 63 valence electrons. The van der Waals surface area contributed by atoms with Gasteiger partial charge in [-0.25, -0.2) is 0 Å². The molecule has 0 amide bonds. The van der Waals surface area contributed by atoms with Crippen LogP contribution < -0.4 is 0 Å². The second kappa shape index (κ2) is 7.91. The Bertz CT molecular complexity index is 186. The molecule has 0 unspecified atom stereocenters. The number of aryl methyl sites for hydroxylation is 1. The molecule has 0 heterocycles. The average molecular weight is 239 g/mol. The Hall–Kier alpha value is 0.284. The van der Waals surface area contributed by atoms with Crippen LogP contribution in [0.4, 0.5) is 0 Å². The summed E-state index contributed by atoms with van der Waals surface area (Å²) in [7, 11) is 0. The summed E-state index contributed by atoms with van der Waals surface area (Å²) in [6.45, 7) is 0.312. The largest absolute Gasteiger partial charge is 0.396 e. The maximum atomic E-state index is 8.54. The molecule has 0 aliphatic heterocycles. The molecule has 0 atom stereocenters. The molecule has 1 N–H and O–H groups in total. The number of unbranched alkanes of at least 4 members (excludes halogenated alkanes) is 1. The Balaban J connectivity index is 0.00000121. The van der Waals surface area contributed by atoms with E-state index in [0.717, 1.165) is 19.3 Å². The zero-order valence-electron chi connectivity index (χ0n) is 7.24. The molecule has 1 nitrogen and oxygen atoms in total. The number of hydrogen-bond acceptors (Lipinski definition) is 1. The van der Waals surface area contributed by atoms with Crippen molar-refractivity contribution >= 4 is 0 Å². The second-order valence-electron chi connectivity index (χ2n) is 2.67. The molecule has 0 fully saturated rings. The number of rotatable bonds is 4. The van der Waals surface area contributed by atoms with E-state index in [1.807, 2.05) is 18.2 Å². The molecule has 1 radical (unpaired) electrons. The van der Waals surface area contributed by atoms with Crippen molar-refractivity contribution in [3.8, 4) is 0 Å². The minimum Gasteiger partial charge on any atom is -0.396 e. The van der Waals surface area contributed by atoms with Crippen LogP contribution in [0.15, 0.2) is 30.3 Å². The third-order valence-electron chi connectivity index (χ3n) is 1.72. The summed E-state index contributed by atoms with van der Waals surface area (Å²) in [5.74, 6) is 0. The number of hydrogen-bond donors (Lipinski definition) is 1. The maximum Gasteiger partial charge on any atom is 0.0431 e. The van der Waals surface area contributed by atoms with E-state index in [1.54, 1.807) is 0 Å². The standard InChI is InChI=1S/C10H14O.Y/c11-9-5-4-8-10-6-2-1-3-7-10;/h1-3,6-7,11H,4-5,8-9H2;. The van der Waals surface area contributed by atoms with Crippen LogP contribution in [0.2, 0.25) is 0 Å². The third-order valence-corrected chi connectivity index (χ3v) is 1.72. The zero-order valence-corrected chi connectivity index (χ0v) is 10.1. The van der Waals surface area contributed by atoms with Gasteiger partial charge in [-0.05, 0) is 24.8 Å². The van der Waals surface area contributed by atoms with Gasteiger partial charge in [-0.15, -0.1) is 0 Å². The van der Waals surface area contributed by atoms with Gasteiger partial charge in [0.15, 0.2) is 0 Å². The SMILES string of the molecule is OCCCCc1ccccc1.[Y]. The van der Waals surface area contributed by atoms with Crippen LogP contribution in [0.5, 0.6) is 0 Å². The molecule has 0 bridgehead atoms. The predicted molar refractivity (Wildman–Crippen MR) is 46.5 cm³/mol. The van der Waals surface area contributed by atoms with Crippen molar-refractivity contribution in [2.75, 3.05) is 6.61 Å². The molecular weight excluding hydrogens is 225 g/mol. The fourth-order valence-corrected chi connectivity index (χ4v) is 1.09. The van der Waals surface area contributed by atoms with Gasteiger partial charge in [0, 0.05) is 39.3 Å². The van der Waals surface area contributed by atoms with Gasteiger partial charge in [-0.3, -0.25) is 0 Å². The van der Waals surface area contributed by atoms with Crippen LogP contribution in [0.25, 0.3) is 0 Å². The average Bonchev–Trinajstić information content (AvgIpc) is 2.07. The summed E-state index contributed by atoms with van der Waals surface area (Å²) < 4.78 is 0. The van der Waals surface area contributed by atoms with Gasteiger partial charge in [-0.2, -0.15) is 0 Å². The summed E-state index contributed by atoms with van der Waals surface area (Å²) >= 11 is 0. The monoisotopic (exact) mass is 239 g/mol. The van der Waals surface area contributed by atoms with Gasteiger partial charge in [0.05, 0.1) is 0 Å². The van der Waals surface area contributed by atoms with Crippen molar-refractivity contribution in [2.24, 2.45) is 0 Å². The van der Waals surface area contributed by atoms with Gasteiger partial charge in [-0.1, -0.05) is 30.3 Å². The van der Waals surface area contributed by atoms with Gasteiger partial charge in [0.1, 0.15) is 0 Å². The Morgan fingerprint density at radius 1 is 1.00 bits per heavy atom. The van der Waals surface area contributed by atoms with Crippen molar-refractivity contribution in [1.29, 1.82) is 0 Å². The van der Waals surface area contributed by atoms with Gasteiger partial charge in [0.2, 0.25) is 0 Å². The Labute approximate surface area is 99.1 Å². The number of benzene rings is 1. The topological polar surface area (TPSA) is 20.2 Å². The second-order valence-corrected chi connectivity index (χ2v) is 2.67. The van der Waals surface area contributed by atoms with E-state index in [-0.39, 0.29) is 32.7 Å². The van der Waals surface area contributed by atoms with Gasteiger partial charge < -0.3 is 5.11 Å². The van der Waals surface area contributed by atoms with E-state index in [0.29, 0.717) is 6.61 Å². The molecule has 0 saturated carbocycles. The fourth-order valence-electron chi connectivity index (χ4n) is 1.09. The normalized spacial score (nSPS) is 9.08. The summed E-state index contributed by atoms with van der Waals surface area (Å²) in [4.78, 5) is 0. The van der Waals surface area contributed by atoms with E-state index >= 15 is 0 Å². The van der Waals surface area contributed by atoms with Crippen molar-refractivity contribution in [2.45, 2.75) is 19.3 Å². The summed E-state index contributed by atoms with van der Waals surface area (Å²) in [6.07, 6.45) is 3.08. The minimum atomic E-state index is 0. The first-order chi connectivity index (χ1) is 5.43. The van der Waals surface area contributed by atoms with E-state index in [4.69, 9.17) is 5.11 Å². The first-order valence-electron chi connectivity index (χ1n) is 4.08. The fraction of sp³-hybridized carbons (Fsp3) is 0.400. The third kappa shape index (κ3) is 5.02. The summed E-state index contributed by atoms with van der Waals surface area (Å²) in [5, 5.41) is 8.54. The van der Waals surface area contributed by atoms with E-state index < -0.39 is 0 Å². The Morgan fingerprint density at radius 2 is 1.67 bits per heavy atom. The molecule has 0 saturated heterocycles. The van der Waals surface area contributed by atoms with Crippen molar-refractivity contribution in [3.63, 3.8) is 0 Å². The Morgan fingerprint density at radius 3 is 2.25 bits per heavy atom. The van der Waals surface area contributed by atoms with Crippen LogP contribution in [-0.2, 0) is 39.1 Å². The molecule has 1 aromatic carbocycles. The predicted octanol–water partition coefficient (Wildman–Crippen LogP) is 2.00. The summed E-state index contributed by atoms with van der Waals surface area (Å²) in [6, 6.07) is 10.4. The molecule has 1 aromatic rings. The van der Waals surface area contributed by atoms with Crippen LogP contribution in [0, 0.1) is 0 Å². The van der Waals surface area contributed by atoms with Crippen molar-refractivity contribution in [3.05, 3.63) is 35.9 Å². The molecular formula is C10H14OY. The number of aliphatic hydroxyl groups is 1. The van der Waals surface area contributed by atoms with Crippen LogP contribution in [-0.4, -0.2) is 11.7 Å². The van der Waals surface area contributed by atoms with E-state index in [2.05, 4.69) is 12.1 Å². The smallest absolute Gasteiger partial charge is 0.0431 e. The van der Waals surface area contributed by atoms with Gasteiger partial charge in [0.25, 0.3) is 0 Å². The molecule has 2 heteroatoms. The molecule has 0 spiro atoms.